The van der Waals surface area contributed by atoms with Crippen molar-refractivity contribution in [1.29, 1.82) is 0 Å². The molecule has 0 aromatic carbocycles. The van der Waals surface area contributed by atoms with Crippen LogP contribution in [0.4, 0.5) is 0 Å². The van der Waals surface area contributed by atoms with E-state index >= 15 is 0 Å². The molecule has 0 aliphatic carbocycles. The molecule has 0 aromatic rings. The van der Waals surface area contributed by atoms with Crippen LogP contribution in [0.5, 0.6) is 0 Å². The maximum Gasteiger partial charge on any atom is 0.191 e. The number of nitrogens with zero attached hydrogens (tertiary/aromatic N) is 1. The van der Waals surface area contributed by atoms with E-state index in [1.54, 1.807) is 7.05 Å². The molecule has 4 N–H and O–H groups in total. The van der Waals surface area contributed by atoms with Gasteiger partial charge in [-0.25, -0.2) is 0 Å². The zero-order valence-electron chi connectivity index (χ0n) is 14.4. The molecule has 7 heteroatoms. The Labute approximate surface area is 151 Å². The highest BCUT2D eigenvalue weighted by Crippen LogP contribution is 2.31. The number of aliphatic imine (C=N–C) groups is 1. The molecule has 1 aliphatic heterocycles. The Morgan fingerprint density at radius 2 is 2.00 bits per heavy atom. The molecule has 0 amide bonds. The molecule has 1 rings (SSSR count). The molecule has 0 saturated carbocycles. The Morgan fingerprint density at radius 1 is 1.27 bits per heavy atom. The standard InChI is InChI=1S/C15H32N4O2.HI/c1-14(2,3)19-8-7-17-13(16-4)18-11-15(5-9-20)6-10-21-12-15;/h19-20H,5-12H2,1-4H3,(H2,16,17,18);1H. The smallest absolute Gasteiger partial charge is 0.191 e. The zero-order chi connectivity index (χ0) is 15.8. The van der Waals surface area contributed by atoms with Crippen molar-refractivity contribution in [3.05, 3.63) is 0 Å². The summed E-state index contributed by atoms with van der Waals surface area (Å²) in [6, 6.07) is 0. The van der Waals surface area contributed by atoms with Crippen LogP contribution in [0, 0.1) is 5.41 Å². The van der Waals surface area contributed by atoms with Crippen molar-refractivity contribution in [2.24, 2.45) is 10.4 Å². The predicted octanol–water partition coefficient (Wildman–Crippen LogP) is 0.947. The van der Waals surface area contributed by atoms with Crippen LogP contribution in [-0.2, 0) is 4.74 Å². The van der Waals surface area contributed by atoms with Gasteiger partial charge in [-0.2, -0.15) is 0 Å². The molecule has 0 bridgehead atoms. The summed E-state index contributed by atoms with van der Waals surface area (Å²) in [6.07, 6.45) is 1.76. The summed E-state index contributed by atoms with van der Waals surface area (Å²) in [7, 11) is 1.77. The minimum Gasteiger partial charge on any atom is -0.396 e. The van der Waals surface area contributed by atoms with Gasteiger partial charge in [0.2, 0.25) is 0 Å². The molecule has 132 valence electrons. The highest BCUT2D eigenvalue weighted by Gasteiger charge is 2.34. The van der Waals surface area contributed by atoms with Gasteiger partial charge in [0.1, 0.15) is 0 Å². The molecule has 1 heterocycles. The maximum absolute atomic E-state index is 9.23. The van der Waals surface area contributed by atoms with E-state index in [1.807, 2.05) is 0 Å². The van der Waals surface area contributed by atoms with Crippen LogP contribution in [-0.4, -0.2) is 63.1 Å². The van der Waals surface area contributed by atoms with Crippen LogP contribution in [0.25, 0.3) is 0 Å². The monoisotopic (exact) mass is 428 g/mol. The summed E-state index contributed by atoms with van der Waals surface area (Å²) in [5, 5.41) is 19.3. The summed E-state index contributed by atoms with van der Waals surface area (Å²) in [4.78, 5) is 4.24. The van der Waals surface area contributed by atoms with Gasteiger partial charge in [-0.3, -0.25) is 4.99 Å². The Kier molecular flexibility index (Phi) is 10.6. The van der Waals surface area contributed by atoms with Crippen LogP contribution < -0.4 is 16.0 Å². The Balaban J connectivity index is 0.00000441. The average molecular weight is 428 g/mol. The van der Waals surface area contributed by atoms with Crippen LogP contribution >= 0.6 is 24.0 Å². The first-order valence-corrected chi connectivity index (χ1v) is 7.79. The van der Waals surface area contributed by atoms with Gasteiger partial charge in [-0.1, -0.05) is 0 Å². The lowest BCUT2D eigenvalue weighted by Crippen LogP contribution is -2.47. The van der Waals surface area contributed by atoms with E-state index in [2.05, 4.69) is 41.7 Å². The van der Waals surface area contributed by atoms with Crippen molar-refractivity contribution in [2.45, 2.75) is 39.2 Å². The average Bonchev–Trinajstić information content (AvgIpc) is 2.86. The number of rotatable bonds is 7. The van der Waals surface area contributed by atoms with Gasteiger partial charge in [0.05, 0.1) is 6.61 Å². The molecule has 1 aliphatic rings. The maximum atomic E-state index is 9.23. The summed E-state index contributed by atoms with van der Waals surface area (Å²) in [5.41, 5.74) is 0.168. The van der Waals surface area contributed by atoms with E-state index in [4.69, 9.17) is 4.74 Å². The highest BCUT2D eigenvalue weighted by molar-refractivity contribution is 14.0. The number of hydrogen-bond donors (Lipinski definition) is 4. The SMILES string of the molecule is CN=C(NCCNC(C)(C)C)NCC1(CCO)CCOC1.I. The lowest BCUT2D eigenvalue weighted by atomic mass is 9.84. The van der Waals surface area contributed by atoms with Gasteiger partial charge in [0.25, 0.3) is 0 Å². The number of aliphatic hydroxyl groups excluding tert-OH is 1. The van der Waals surface area contributed by atoms with E-state index in [-0.39, 0.29) is 41.5 Å². The van der Waals surface area contributed by atoms with Crippen molar-refractivity contribution in [1.82, 2.24) is 16.0 Å². The lowest BCUT2D eigenvalue weighted by Gasteiger charge is -2.28. The predicted molar refractivity (Wildman–Crippen MR) is 102 cm³/mol. The molecule has 0 radical (unpaired) electrons. The number of nitrogens with one attached hydrogen (secondary N) is 3. The van der Waals surface area contributed by atoms with Gasteiger partial charge in [-0.15, -0.1) is 24.0 Å². The fourth-order valence-corrected chi connectivity index (χ4v) is 2.42. The topological polar surface area (TPSA) is 77.9 Å². The minimum atomic E-state index is 0. The third-order valence-electron chi connectivity index (χ3n) is 3.75. The van der Waals surface area contributed by atoms with Gasteiger partial charge < -0.3 is 25.8 Å². The molecule has 0 aromatic heterocycles. The van der Waals surface area contributed by atoms with Gasteiger partial charge in [0.15, 0.2) is 5.96 Å². The number of aliphatic hydroxyl groups is 1. The quantitative estimate of drug-likeness (QED) is 0.210. The van der Waals surface area contributed by atoms with Crippen molar-refractivity contribution in [3.8, 4) is 0 Å². The van der Waals surface area contributed by atoms with Gasteiger partial charge in [0, 0.05) is 50.8 Å². The molecule has 0 spiro atoms. The van der Waals surface area contributed by atoms with Crippen molar-refractivity contribution >= 4 is 29.9 Å². The van der Waals surface area contributed by atoms with Crippen LogP contribution in [0.3, 0.4) is 0 Å². The summed E-state index contributed by atoms with van der Waals surface area (Å²) in [5.74, 6) is 0.801. The third kappa shape index (κ3) is 8.50. The van der Waals surface area contributed by atoms with E-state index in [9.17, 15) is 5.11 Å². The summed E-state index contributed by atoms with van der Waals surface area (Å²) >= 11 is 0. The highest BCUT2D eigenvalue weighted by atomic mass is 127. The number of halogens is 1. The van der Waals surface area contributed by atoms with Crippen LogP contribution in [0.2, 0.25) is 0 Å². The second-order valence-electron chi connectivity index (χ2n) is 6.81. The summed E-state index contributed by atoms with van der Waals surface area (Å²) < 4.78 is 5.49. The molecule has 6 nitrogen and oxygen atoms in total. The second kappa shape index (κ2) is 10.6. The Hall–Kier alpha value is -0.120. The number of ether oxygens (including phenoxy) is 1. The summed E-state index contributed by atoms with van der Waals surface area (Å²) in [6.45, 7) is 10.6. The van der Waals surface area contributed by atoms with Crippen LogP contribution in [0.1, 0.15) is 33.6 Å². The first-order valence-electron chi connectivity index (χ1n) is 7.79. The Bertz CT molecular complexity index is 326. The fraction of sp³-hybridized carbons (Fsp3) is 0.933. The van der Waals surface area contributed by atoms with E-state index in [0.29, 0.717) is 6.61 Å². The normalized spacial score (nSPS) is 22.3. The molecule has 1 atom stereocenters. The largest absolute Gasteiger partial charge is 0.396 e. The van der Waals surface area contributed by atoms with E-state index in [1.165, 1.54) is 0 Å². The molecule has 22 heavy (non-hydrogen) atoms. The number of guanidine groups is 1. The van der Waals surface area contributed by atoms with Crippen molar-refractivity contribution in [2.75, 3.05) is 46.5 Å². The van der Waals surface area contributed by atoms with Crippen molar-refractivity contribution < 1.29 is 9.84 Å². The minimum absolute atomic E-state index is 0. The second-order valence-corrected chi connectivity index (χ2v) is 6.81. The molecular formula is C15H33IN4O2. The van der Waals surface area contributed by atoms with E-state index in [0.717, 1.165) is 45.0 Å². The van der Waals surface area contributed by atoms with Gasteiger partial charge >= 0.3 is 0 Å². The van der Waals surface area contributed by atoms with Crippen molar-refractivity contribution in [3.63, 3.8) is 0 Å². The lowest BCUT2D eigenvalue weighted by molar-refractivity contribution is 0.127. The number of hydrogen-bond acceptors (Lipinski definition) is 4. The molecule has 1 fully saturated rings. The van der Waals surface area contributed by atoms with Gasteiger partial charge in [-0.05, 0) is 33.6 Å². The molecule has 1 unspecified atom stereocenters. The van der Waals surface area contributed by atoms with Crippen LogP contribution in [0.15, 0.2) is 4.99 Å². The molecule has 1 saturated heterocycles. The first kappa shape index (κ1) is 21.9. The van der Waals surface area contributed by atoms with E-state index < -0.39 is 0 Å². The molecular weight excluding hydrogens is 395 g/mol. The fourth-order valence-electron chi connectivity index (χ4n) is 2.42. The Morgan fingerprint density at radius 3 is 2.50 bits per heavy atom. The third-order valence-corrected chi connectivity index (χ3v) is 3.75. The zero-order valence-corrected chi connectivity index (χ0v) is 16.7. The first-order chi connectivity index (χ1) is 9.91.